The number of nitrogens with two attached hydrogens (primary N) is 1. The number of aromatic amines is 1. The van der Waals surface area contributed by atoms with Crippen molar-refractivity contribution in [3.63, 3.8) is 0 Å². The number of aromatic nitrogens is 2. The first-order valence-corrected chi connectivity index (χ1v) is 7.02. The van der Waals surface area contributed by atoms with Crippen LogP contribution in [-0.2, 0) is 12.0 Å². The zero-order valence-corrected chi connectivity index (χ0v) is 10.3. The van der Waals surface area contributed by atoms with Gasteiger partial charge in [0.15, 0.2) is 0 Å². The summed E-state index contributed by atoms with van der Waals surface area (Å²) in [6.45, 7) is 0.583. The molecule has 3 nitrogen and oxygen atoms in total. The molecule has 0 atom stereocenters. The average molecular weight is 231 g/mol. The van der Waals surface area contributed by atoms with Crippen LogP contribution in [0.15, 0.2) is 6.07 Å². The van der Waals surface area contributed by atoms with E-state index in [4.69, 9.17) is 5.73 Å². The molecule has 0 aromatic carbocycles. The molecule has 0 radical (unpaired) electrons. The van der Waals surface area contributed by atoms with Gasteiger partial charge in [0.2, 0.25) is 0 Å². The standard InChI is InChI=1S/C14H21N3/c15-8-12-4-13(17-16-12)14-5-9-1-10(6-14)3-11(2-9)7-14/h4,9-11H,1-3,5-8,15H2,(H,16,17). The molecule has 0 saturated heterocycles. The van der Waals surface area contributed by atoms with Crippen LogP contribution in [0.3, 0.4) is 0 Å². The van der Waals surface area contributed by atoms with E-state index in [-0.39, 0.29) is 0 Å². The highest BCUT2D eigenvalue weighted by Crippen LogP contribution is 2.60. The molecule has 1 aromatic heterocycles. The van der Waals surface area contributed by atoms with Gasteiger partial charge in [0, 0.05) is 17.7 Å². The fourth-order valence-electron chi connectivity index (χ4n) is 5.16. The Morgan fingerprint density at radius 1 is 1.18 bits per heavy atom. The topological polar surface area (TPSA) is 54.7 Å². The summed E-state index contributed by atoms with van der Waals surface area (Å²) in [5, 5.41) is 7.68. The van der Waals surface area contributed by atoms with Crippen LogP contribution in [-0.4, -0.2) is 10.2 Å². The van der Waals surface area contributed by atoms with Crippen molar-refractivity contribution in [2.45, 2.75) is 50.5 Å². The van der Waals surface area contributed by atoms with Gasteiger partial charge < -0.3 is 5.73 Å². The van der Waals surface area contributed by atoms with E-state index < -0.39 is 0 Å². The lowest BCUT2D eigenvalue weighted by molar-refractivity contribution is -0.00722. The zero-order valence-electron chi connectivity index (χ0n) is 10.3. The predicted octanol–water partition coefficient (Wildman–Crippen LogP) is 2.34. The molecule has 0 unspecified atom stereocenters. The van der Waals surface area contributed by atoms with Crippen LogP contribution < -0.4 is 5.73 Å². The van der Waals surface area contributed by atoms with Gasteiger partial charge >= 0.3 is 0 Å². The number of hydrogen-bond donors (Lipinski definition) is 2. The largest absolute Gasteiger partial charge is 0.325 e. The second-order valence-corrected chi connectivity index (χ2v) is 6.68. The molecule has 92 valence electrons. The Kier molecular flexibility index (Phi) is 1.99. The Labute approximate surface area is 102 Å². The minimum absolute atomic E-state index is 0.415. The first-order valence-electron chi connectivity index (χ1n) is 7.02. The van der Waals surface area contributed by atoms with Crippen molar-refractivity contribution in [3.05, 3.63) is 17.5 Å². The van der Waals surface area contributed by atoms with E-state index in [2.05, 4.69) is 16.3 Å². The molecular weight excluding hydrogens is 210 g/mol. The Morgan fingerprint density at radius 3 is 2.24 bits per heavy atom. The third-order valence-electron chi connectivity index (χ3n) is 5.43. The molecular formula is C14H21N3. The first kappa shape index (κ1) is 10.1. The van der Waals surface area contributed by atoms with Crippen LogP contribution in [0.25, 0.3) is 0 Å². The lowest BCUT2D eigenvalue weighted by atomic mass is 9.49. The van der Waals surface area contributed by atoms with Gasteiger partial charge in [-0.1, -0.05) is 0 Å². The van der Waals surface area contributed by atoms with Crippen molar-refractivity contribution in [1.29, 1.82) is 0 Å². The third-order valence-corrected chi connectivity index (χ3v) is 5.43. The molecule has 1 heterocycles. The minimum atomic E-state index is 0.415. The Balaban J connectivity index is 1.72. The van der Waals surface area contributed by atoms with E-state index >= 15 is 0 Å². The van der Waals surface area contributed by atoms with E-state index in [0.29, 0.717) is 12.0 Å². The fraction of sp³-hybridized carbons (Fsp3) is 0.786. The minimum Gasteiger partial charge on any atom is -0.325 e. The van der Waals surface area contributed by atoms with E-state index in [9.17, 15) is 0 Å². The van der Waals surface area contributed by atoms with Crippen molar-refractivity contribution in [2.24, 2.45) is 23.5 Å². The number of rotatable bonds is 2. The zero-order chi connectivity index (χ0) is 11.5. The lowest BCUT2D eigenvalue weighted by Crippen LogP contribution is -2.48. The summed E-state index contributed by atoms with van der Waals surface area (Å²) >= 11 is 0. The molecule has 4 fully saturated rings. The SMILES string of the molecule is NCc1cc(C23CC4CC(CC(C4)C2)C3)n[nH]1. The molecule has 17 heavy (non-hydrogen) atoms. The second-order valence-electron chi connectivity index (χ2n) is 6.68. The van der Waals surface area contributed by atoms with Crippen LogP contribution in [0.4, 0.5) is 0 Å². The van der Waals surface area contributed by atoms with E-state index in [1.54, 1.807) is 0 Å². The lowest BCUT2D eigenvalue weighted by Gasteiger charge is -2.56. The number of nitrogens with one attached hydrogen (secondary N) is 1. The highest BCUT2D eigenvalue weighted by molar-refractivity contribution is 5.24. The van der Waals surface area contributed by atoms with Crippen molar-refractivity contribution in [3.8, 4) is 0 Å². The van der Waals surface area contributed by atoms with Gasteiger partial charge in [0.1, 0.15) is 0 Å². The van der Waals surface area contributed by atoms with Crippen molar-refractivity contribution < 1.29 is 0 Å². The van der Waals surface area contributed by atoms with Crippen LogP contribution in [0, 0.1) is 17.8 Å². The Bertz CT molecular complexity index is 399. The quantitative estimate of drug-likeness (QED) is 0.820. The van der Waals surface area contributed by atoms with Gasteiger partial charge in [-0.3, -0.25) is 5.10 Å². The predicted molar refractivity (Wildman–Crippen MR) is 66.3 cm³/mol. The van der Waals surface area contributed by atoms with Gasteiger partial charge in [0.05, 0.1) is 5.69 Å². The summed E-state index contributed by atoms with van der Waals surface area (Å²) in [7, 11) is 0. The van der Waals surface area contributed by atoms with Crippen LogP contribution in [0.5, 0.6) is 0 Å². The summed E-state index contributed by atoms with van der Waals surface area (Å²) in [6, 6.07) is 2.23. The molecule has 4 aliphatic carbocycles. The monoisotopic (exact) mass is 231 g/mol. The van der Waals surface area contributed by atoms with Crippen LogP contribution in [0.1, 0.15) is 49.9 Å². The summed E-state index contributed by atoms with van der Waals surface area (Å²) in [5.74, 6) is 2.96. The van der Waals surface area contributed by atoms with Crippen LogP contribution in [0.2, 0.25) is 0 Å². The van der Waals surface area contributed by atoms with E-state index in [0.717, 1.165) is 23.4 Å². The van der Waals surface area contributed by atoms with E-state index in [1.807, 2.05) is 0 Å². The second kappa shape index (κ2) is 3.35. The molecule has 5 rings (SSSR count). The summed E-state index contributed by atoms with van der Waals surface area (Å²) < 4.78 is 0. The number of nitrogens with zero attached hydrogens (tertiary/aromatic N) is 1. The molecule has 4 saturated carbocycles. The molecule has 0 spiro atoms. The van der Waals surface area contributed by atoms with Crippen LogP contribution >= 0.6 is 0 Å². The summed E-state index contributed by atoms with van der Waals surface area (Å²) in [6.07, 6.45) is 8.63. The van der Waals surface area contributed by atoms with Gasteiger partial charge in [-0.25, -0.2) is 0 Å². The summed E-state index contributed by atoms with van der Waals surface area (Å²) in [4.78, 5) is 0. The fourth-order valence-corrected chi connectivity index (χ4v) is 5.16. The number of hydrogen-bond acceptors (Lipinski definition) is 2. The molecule has 0 aliphatic heterocycles. The maximum atomic E-state index is 5.68. The smallest absolute Gasteiger partial charge is 0.0687 e. The molecule has 3 heteroatoms. The van der Waals surface area contributed by atoms with Gasteiger partial charge in [0.25, 0.3) is 0 Å². The average Bonchev–Trinajstić information content (AvgIpc) is 2.76. The third kappa shape index (κ3) is 1.41. The van der Waals surface area contributed by atoms with Crippen molar-refractivity contribution >= 4 is 0 Å². The highest BCUT2D eigenvalue weighted by Gasteiger charge is 2.52. The normalized spacial score (nSPS) is 43.2. The molecule has 3 N–H and O–H groups in total. The van der Waals surface area contributed by atoms with Crippen molar-refractivity contribution in [1.82, 2.24) is 10.2 Å². The maximum absolute atomic E-state index is 5.68. The molecule has 0 amide bonds. The molecule has 1 aromatic rings. The molecule has 4 aliphatic rings. The highest BCUT2D eigenvalue weighted by atomic mass is 15.1. The maximum Gasteiger partial charge on any atom is 0.0687 e. The van der Waals surface area contributed by atoms with E-state index in [1.165, 1.54) is 44.2 Å². The first-order chi connectivity index (χ1) is 8.27. The Hall–Kier alpha value is -0.830. The summed E-state index contributed by atoms with van der Waals surface area (Å²) in [5.41, 5.74) is 8.51. The van der Waals surface area contributed by atoms with Crippen molar-refractivity contribution in [2.75, 3.05) is 0 Å². The van der Waals surface area contributed by atoms with Gasteiger partial charge in [-0.05, 0) is 62.3 Å². The molecule has 4 bridgehead atoms. The number of H-pyrrole nitrogens is 1. The van der Waals surface area contributed by atoms with Gasteiger partial charge in [-0.15, -0.1) is 0 Å². The Morgan fingerprint density at radius 2 is 1.76 bits per heavy atom. The van der Waals surface area contributed by atoms with Gasteiger partial charge in [-0.2, -0.15) is 5.10 Å².